The normalized spacial score (nSPS) is 25.4. The fourth-order valence-electron chi connectivity index (χ4n) is 3.80. The molecule has 20 heavy (non-hydrogen) atoms. The molecule has 1 aromatic rings. The number of hydrogen-bond acceptors (Lipinski definition) is 2. The maximum Gasteiger partial charge on any atom is 0.123 e. The van der Waals surface area contributed by atoms with Crippen molar-refractivity contribution in [2.24, 2.45) is 0 Å². The van der Waals surface area contributed by atoms with Crippen molar-refractivity contribution in [3.63, 3.8) is 0 Å². The molecule has 0 amide bonds. The lowest BCUT2D eigenvalue weighted by Gasteiger charge is -2.31. The topological polar surface area (TPSA) is 15.3 Å². The minimum Gasteiger partial charge on any atom is -0.313 e. The molecule has 1 aromatic carbocycles. The number of hydrogen-bond donors (Lipinski definition) is 1. The Balaban J connectivity index is 1.75. The highest BCUT2D eigenvalue weighted by atomic mass is 19.1. The molecule has 1 N–H and O–H groups in total. The molecule has 1 saturated heterocycles. The summed E-state index contributed by atoms with van der Waals surface area (Å²) in [5.74, 6) is -0.0936. The van der Waals surface area contributed by atoms with Crippen LogP contribution in [0.3, 0.4) is 0 Å². The van der Waals surface area contributed by atoms with Gasteiger partial charge in [0.2, 0.25) is 0 Å². The molecule has 2 nitrogen and oxygen atoms in total. The molecule has 0 aromatic heterocycles. The predicted molar refractivity (Wildman–Crippen MR) is 80.4 cm³/mol. The number of nitrogens with zero attached hydrogens (tertiary/aromatic N) is 1. The van der Waals surface area contributed by atoms with Crippen LogP contribution in [-0.4, -0.2) is 30.6 Å². The van der Waals surface area contributed by atoms with Crippen molar-refractivity contribution in [2.45, 2.75) is 51.1 Å². The van der Waals surface area contributed by atoms with Crippen LogP contribution < -0.4 is 5.32 Å². The fraction of sp³-hybridized carbons (Fsp3) is 0.647. The first-order valence-corrected chi connectivity index (χ1v) is 8.03. The zero-order chi connectivity index (χ0) is 13.9. The second-order valence-corrected chi connectivity index (χ2v) is 6.19. The van der Waals surface area contributed by atoms with Crippen molar-refractivity contribution in [3.05, 3.63) is 35.1 Å². The molecule has 0 radical (unpaired) electrons. The molecular weight excluding hydrogens is 251 g/mol. The Morgan fingerprint density at radius 2 is 2.25 bits per heavy atom. The van der Waals surface area contributed by atoms with Crippen LogP contribution in [0.4, 0.5) is 4.39 Å². The molecule has 1 aliphatic heterocycles. The summed E-state index contributed by atoms with van der Waals surface area (Å²) in [6.45, 7) is 5.68. The number of fused-ring (bicyclic) bond motifs is 1. The van der Waals surface area contributed by atoms with Crippen LogP contribution >= 0.6 is 0 Å². The summed E-state index contributed by atoms with van der Waals surface area (Å²) in [6, 6.07) is 6.49. The van der Waals surface area contributed by atoms with E-state index in [0.29, 0.717) is 12.1 Å². The average Bonchev–Trinajstić information content (AvgIpc) is 3.06. The first-order chi connectivity index (χ1) is 9.78. The van der Waals surface area contributed by atoms with Gasteiger partial charge in [-0.25, -0.2) is 4.39 Å². The molecule has 3 heteroatoms. The Labute approximate surface area is 121 Å². The van der Waals surface area contributed by atoms with E-state index in [2.05, 4.69) is 17.1 Å². The molecule has 0 spiro atoms. The highest BCUT2D eigenvalue weighted by Crippen LogP contribution is 2.36. The fourth-order valence-corrected chi connectivity index (χ4v) is 3.80. The van der Waals surface area contributed by atoms with Crippen molar-refractivity contribution in [2.75, 3.05) is 19.6 Å². The third-order valence-corrected chi connectivity index (χ3v) is 4.72. The lowest BCUT2D eigenvalue weighted by molar-refractivity contribution is 0.180. The third-order valence-electron chi connectivity index (χ3n) is 4.72. The van der Waals surface area contributed by atoms with Gasteiger partial charge in [0, 0.05) is 18.6 Å². The van der Waals surface area contributed by atoms with Gasteiger partial charge in [-0.15, -0.1) is 0 Å². The van der Waals surface area contributed by atoms with E-state index in [1.807, 2.05) is 6.07 Å². The van der Waals surface area contributed by atoms with Gasteiger partial charge in [-0.1, -0.05) is 13.0 Å². The van der Waals surface area contributed by atoms with E-state index in [9.17, 15) is 4.39 Å². The lowest BCUT2D eigenvalue weighted by Crippen LogP contribution is -2.39. The average molecular weight is 276 g/mol. The van der Waals surface area contributed by atoms with E-state index >= 15 is 0 Å². The highest BCUT2D eigenvalue weighted by Gasteiger charge is 2.29. The van der Waals surface area contributed by atoms with Gasteiger partial charge in [-0.3, -0.25) is 4.90 Å². The molecular formula is C17H25FN2. The number of rotatable bonds is 5. The van der Waals surface area contributed by atoms with Crippen molar-refractivity contribution in [3.8, 4) is 0 Å². The Bertz CT molecular complexity index is 454. The molecule has 1 fully saturated rings. The Hall–Kier alpha value is -0.930. The summed E-state index contributed by atoms with van der Waals surface area (Å²) in [6.07, 6.45) is 5.95. The summed E-state index contributed by atoms with van der Waals surface area (Å²) in [4.78, 5) is 2.62. The van der Waals surface area contributed by atoms with Crippen molar-refractivity contribution in [1.82, 2.24) is 10.2 Å². The largest absolute Gasteiger partial charge is 0.313 e. The lowest BCUT2D eigenvalue weighted by atomic mass is 10.1. The highest BCUT2D eigenvalue weighted by molar-refractivity contribution is 5.35. The molecule has 0 saturated carbocycles. The van der Waals surface area contributed by atoms with Gasteiger partial charge in [-0.2, -0.15) is 0 Å². The molecule has 110 valence electrons. The second kappa shape index (κ2) is 6.23. The van der Waals surface area contributed by atoms with E-state index in [0.717, 1.165) is 32.5 Å². The minimum absolute atomic E-state index is 0.0936. The Kier molecular flexibility index (Phi) is 4.37. The van der Waals surface area contributed by atoms with Gasteiger partial charge in [0.25, 0.3) is 0 Å². The van der Waals surface area contributed by atoms with Gasteiger partial charge in [0.05, 0.1) is 0 Å². The van der Waals surface area contributed by atoms with Crippen molar-refractivity contribution in [1.29, 1.82) is 0 Å². The quantitative estimate of drug-likeness (QED) is 0.888. The first kappa shape index (κ1) is 14.0. The van der Waals surface area contributed by atoms with E-state index in [1.54, 1.807) is 12.1 Å². The van der Waals surface area contributed by atoms with Gasteiger partial charge in [0.1, 0.15) is 5.82 Å². The molecule has 1 aliphatic carbocycles. The summed E-state index contributed by atoms with van der Waals surface area (Å²) >= 11 is 0. The minimum atomic E-state index is -0.0936. The van der Waals surface area contributed by atoms with E-state index in [1.165, 1.54) is 30.4 Å². The molecule has 3 rings (SSSR count). The zero-order valence-corrected chi connectivity index (χ0v) is 12.4. The van der Waals surface area contributed by atoms with Crippen LogP contribution in [0.5, 0.6) is 0 Å². The smallest absolute Gasteiger partial charge is 0.123 e. The number of nitrogens with one attached hydrogen (secondary N) is 1. The number of aryl methyl sites for hydroxylation is 1. The SMILES string of the molecule is CCCN(CC1CCCN1)C1CCc2cc(F)ccc21. The summed E-state index contributed by atoms with van der Waals surface area (Å²) in [5.41, 5.74) is 2.58. The van der Waals surface area contributed by atoms with Crippen LogP contribution in [0.2, 0.25) is 0 Å². The summed E-state index contributed by atoms with van der Waals surface area (Å²) in [7, 11) is 0. The number of benzene rings is 1. The van der Waals surface area contributed by atoms with Crippen LogP contribution in [0.15, 0.2) is 18.2 Å². The molecule has 2 atom stereocenters. The molecule has 1 heterocycles. The Morgan fingerprint density at radius 1 is 1.35 bits per heavy atom. The molecule has 2 unspecified atom stereocenters. The van der Waals surface area contributed by atoms with Crippen LogP contribution in [-0.2, 0) is 6.42 Å². The van der Waals surface area contributed by atoms with E-state index in [-0.39, 0.29) is 5.82 Å². The summed E-state index contributed by atoms with van der Waals surface area (Å²) < 4.78 is 13.3. The maximum absolute atomic E-state index is 13.3. The van der Waals surface area contributed by atoms with Crippen molar-refractivity contribution >= 4 is 0 Å². The number of halogens is 1. The van der Waals surface area contributed by atoms with E-state index < -0.39 is 0 Å². The molecule has 0 bridgehead atoms. The van der Waals surface area contributed by atoms with E-state index in [4.69, 9.17) is 0 Å². The van der Waals surface area contributed by atoms with Crippen molar-refractivity contribution < 1.29 is 4.39 Å². The molecule has 2 aliphatic rings. The van der Waals surface area contributed by atoms with Crippen LogP contribution in [0.25, 0.3) is 0 Å². The Morgan fingerprint density at radius 3 is 3.00 bits per heavy atom. The predicted octanol–water partition coefficient (Wildman–Crippen LogP) is 3.28. The van der Waals surface area contributed by atoms with Gasteiger partial charge in [-0.05, 0) is 68.5 Å². The maximum atomic E-state index is 13.3. The second-order valence-electron chi connectivity index (χ2n) is 6.19. The third kappa shape index (κ3) is 2.89. The summed E-state index contributed by atoms with van der Waals surface area (Å²) in [5, 5.41) is 3.60. The zero-order valence-electron chi connectivity index (χ0n) is 12.4. The van der Waals surface area contributed by atoms with Crippen LogP contribution in [0.1, 0.15) is 49.8 Å². The standard InChI is InChI=1S/C17H25FN2/c1-2-10-20(12-15-4-3-9-19-15)17-8-5-13-11-14(18)6-7-16(13)17/h6-7,11,15,17,19H,2-5,8-10,12H2,1H3. The van der Waals surface area contributed by atoms with Crippen LogP contribution in [0, 0.1) is 5.82 Å². The monoisotopic (exact) mass is 276 g/mol. The first-order valence-electron chi connectivity index (χ1n) is 8.03. The van der Waals surface area contributed by atoms with Gasteiger partial charge in [0.15, 0.2) is 0 Å². The van der Waals surface area contributed by atoms with Gasteiger partial charge >= 0.3 is 0 Å². The van der Waals surface area contributed by atoms with Gasteiger partial charge < -0.3 is 5.32 Å².